The van der Waals surface area contributed by atoms with Crippen LogP contribution in [0.25, 0.3) is 90.9 Å². The highest BCUT2D eigenvalue weighted by Gasteiger charge is 2.19. The van der Waals surface area contributed by atoms with Crippen molar-refractivity contribution in [3.8, 4) is 44.5 Å². The molecule has 2 aliphatic rings. The average molecular weight is 1070 g/mol. The lowest BCUT2D eigenvalue weighted by atomic mass is 10.0. The predicted octanol–water partition coefficient (Wildman–Crippen LogP) is 9.58. The minimum Gasteiger partial charge on any atom is -0.480 e. The van der Waals surface area contributed by atoms with Crippen molar-refractivity contribution in [2.75, 3.05) is 104 Å². The maximum absolute atomic E-state index is 13.0. The lowest BCUT2D eigenvalue weighted by Crippen LogP contribution is -2.32. The Morgan fingerprint density at radius 3 is 1.10 bits per heavy atom. The minimum atomic E-state index is -1.02. The molecular weight excluding hydrogens is 1000 g/mol. The van der Waals surface area contributed by atoms with E-state index in [0.717, 1.165) is 89.4 Å². The molecule has 0 fully saturated rings. The van der Waals surface area contributed by atoms with Crippen LogP contribution in [0.4, 0.5) is 5.69 Å². The maximum Gasteiger partial charge on any atom is 0.329 e. The zero-order valence-electron chi connectivity index (χ0n) is 43.6. The molecule has 2 aliphatic heterocycles. The van der Waals surface area contributed by atoms with Gasteiger partial charge in [-0.3, -0.25) is 9.59 Å². The highest BCUT2D eigenvalue weighted by atomic mass is 16.6. The summed E-state index contributed by atoms with van der Waals surface area (Å²) in [7, 11) is 0. The van der Waals surface area contributed by atoms with E-state index in [1.807, 2.05) is 84.9 Å². The Kier molecular flexibility index (Phi) is 20.2. The van der Waals surface area contributed by atoms with Crippen LogP contribution in [-0.2, 0) is 47.5 Å². The quantitative estimate of drug-likeness (QED) is 0.0276. The number of aliphatic carboxylic acids is 1. The summed E-state index contributed by atoms with van der Waals surface area (Å²) in [5.41, 5.74) is 15.0. The SMILES string of the molecule is O=C(O)COCCOCCOCCOCCOCCOCCNC(=O)COCC(=O)Nc1ccc(-c2c3nc(c(-c4ccccc4)c4ccc([nH]4)c(-c4ccccc4)c4nc(c(-c5ccccc5)c5ccc2[nH]5)C=C4)C=C3)cc1. The van der Waals surface area contributed by atoms with Crippen LogP contribution in [-0.4, -0.2) is 142 Å². The number of carbonyl (C=O) groups excluding carboxylic acids is 2. The number of aromatic amines is 2. The third kappa shape index (κ3) is 15.6. The molecule has 0 unspecified atom stereocenters. The molecule has 79 heavy (non-hydrogen) atoms. The highest BCUT2D eigenvalue weighted by molar-refractivity contribution is 6.00. The van der Waals surface area contributed by atoms with Gasteiger partial charge in [-0.15, -0.1) is 0 Å². The number of aromatic nitrogens is 4. The summed E-state index contributed by atoms with van der Waals surface area (Å²) in [6.45, 7) is 3.20. The van der Waals surface area contributed by atoms with Gasteiger partial charge in [-0.1, -0.05) is 103 Å². The maximum atomic E-state index is 13.0. The third-order valence-corrected chi connectivity index (χ3v) is 12.5. The van der Waals surface area contributed by atoms with Crippen LogP contribution in [0.3, 0.4) is 0 Å². The van der Waals surface area contributed by atoms with E-state index in [1.54, 1.807) is 0 Å². The number of carbonyl (C=O) groups is 3. The van der Waals surface area contributed by atoms with Crippen LogP contribution in [0.15, 0.2) is 140 Å². The van der Waals surface area contributed by atoms with Gasteiger partial charge in [0.15, 0.2) is 0 Å². The first-order valence-corrected chi connectivity index (χ1v) is 26.1. The van der Waals surface area contributed by atoms with Crippen LogP contribution in [0.2, 0.25) is 0 Å². The summed E-state index contributed by atoms with van der Waals surface area (Å²) in [5.74, 6) is -1.79. The molecule has 406 valence electrons. The van der Waals surface area contributed by atoms with Gasteiger partial charge in [0, 0.05) is 56.6 Å². The zero-order chi connectivity index (χ0) is 54.4. The monoisotopic (exact) mass is 1070 g/mol. The van der Waals surface area contributed by atoms with Crippen molar-refractivity contribution in [3.05, 3.63) is 162 Å². The van der Waals surface area contributed by atoms with E-state index in [1.165, 1.54) is 0 Å². The molecule has 17 nitrogen and oxygen atoms in total. The number of anilines is 1. The number of H-pyrrole nitrogens is 2. The second-order valence-corrected chi connectivity index (χ2v) is 18.1. The number of nitrogens with one attached hydrogen (secondary N) is 4. The lowest BCUT2D eigenvalue weighted by Gasteiger charge is -2.10. The van der Waals surface area contributed by atoms with E-state index < -0.39 is 11.9 Å². The van der Waals surface area contributed by atoms with Gasteiger partial charge < -0.3 is 58.9 Å². The summed E-state index contributed by atoms with van der Waals surface area (Å²) in [6.07, 6.45) is 8.29. The molecular formula is C62H62N6O11. The van der Waals surface area contributed by atoms with Crippen molar-refractivity contribution in [2.24, 2.45) is 0 Å². The number of carboxylic acids is 1. The van der Waals surface area contributed by atoms with Crippen molar-refractivity contribution in [1.29, 1.82) is 0 Å². The summed E-state index contributed by atoms with van der Waals surface area (Å²) >= 11 is 0. The van der Waals surface area contributed by atoms with Crippen molar-refractivity contribution < 1.29 is 52.6 Å². The van der Waals surface area contributed by atoms with Crippen LogP contribution in [0.1, 0.15) is 22.8 Å². The van der Waals surface area contributed by atoms with E-state index in [0.29, 0.717) is 65.1 Å². The van der Waals surface area contributed by atoms with E-state index in [9.17, 15) is 14.4 Å². The smallest absolute Gasteiger partial charge is 0.329 e. The first-order chi connectivity index (χ1) is 38.9. The number of nitrogens with zero attached hydrogens (tertiary/aromatic N) is 2. The Bertz CT molecular complexity index is 3340. The second-order valence-electron chi connectivity index (χ2n) is 18.1. The number of fused-ring (bicyclic) bond motifs is 8. The molecule has 0 saturated heterocycles. The molecule has 7 aromatic rings. The summed E-state index contributed by atoms with van der Waals surface area (Å²) in [5, 5.41) is 14.1. The van der Waals surface area contributed by atoms with Crippen LogP contribution in [0, 0.1) is 0 Å². The third-order valence-electron chi connectivity index (χ3n) is 12.5. The largest absolute Gasteiger partial charge is 0.480 e. The number of ether oxygens (including phenoxy) is 7. The first kappa shape index (κ1) is 55.4. The van der Waals surface area contributed by atoms with Crippen molar-refractivity contribution in [1.82, 2.24) is 25.3 Å². The van der Waals surface area contributed by atoms with Gasteiger partial charge in [-0.2, -0.15) is 0 Å². The van der Waals surface area contributed by atoms with Crippen LogP contribution >= 0.6 is 0 Å². The fourth-order valence-electron chi connectivity index (χ4n) is 8.96. The number of rotatable bonds is 29. The van der Waals surface area contributed by atoms with E-state index in [-0.39, 0.29) is 45.5 Å². The number of carboxylic acid groups (broad SMARTS) is 1. The molecule has 5 heterocycles. The normalized spacial score (nSPS) is 11.7. The molecule has 0 radical (unpaired) electrons. The Hall–Kier alpha value is -8.39. The topological polar surface area (TPSA) is 217 Å². The van der Waals surface area contributed by atoms with Gasteiger partial charge >= 0.3 is 5.97 Å². The first-order valence-electron chi connectivity index (χ1n) is 26.1. The van der Waals surface area contributed by atoms with Gasteiger partial charge in [0.1, 0.15) is 19.8 Å². The molecule has 17 heteroatoms. The summed E-state index contributed by atoms with van der Waals surface area (Å²) < 4.78 is 37.5. The molecule has 2 amide bonds. The number of hydrogen-bond donors (Lipinski definition) is 5. The molecule has 0 saturated carbocycles. The Morgan fingerprint density at radius 1 is 0.380 bits per heavy atom. The predicted molar refractivity (Wildman–Crippen MR) is 306 cm³/mol. The van der Waals surface area contributed by atoms with E-state index in [2.05, 4.69) is 99.5 Å². The van der Waals surface area contributed by atoms with Gasteiger partial charge in [0.05, 0.1) is 95.5 Å². The van der Waals surface area contributed by atoms with Crippen molar-refractivity contribution in [2.45, 2.75) is 0 Å². The van der Waals surface area contributed by atoms with E-state index >= 15 is 0 Å². The van der Waals surface area contributed by atoms with Crippen molar-refractivity contribution in [3.63, 3.8) is 0 Å². The zero-order valence-corrected chi connectivity index (χ0v) is 43.6. The number of amides is 2. The molecule has 9 rings (SSSR count). The van der Waals surface area contributed by atoms with Crippen LogP contribution < -0.4 is 10.6 Å². The van der Waals surface area contributed by atoms with Crippen molar-refractivity contribution >= 4 is 69.8 Å². The fraction of sp³-hybridized carbons (Fsp3) is 0.242. The molecule has 8 bridgehead atoms. The number of hydrogen-bond acceptors (Lipinski definition) is 12. The van der Waals surface area contributed by atoms with Gasteiger partial charge in [0.25, 0.3) is 0 Å². The highest BCUT2D eigenvalue weighted by Crippen LogP contribution is 2.38. The van der Waals surface area contributed by atoms with E-state index in [4.69, 9.17) is 48.2 Å². The molecule has 5 N–H and O–H groups in total. The molecule has 0 spiro atoms. The lowest BCUT2D eigenvalue weighted by molar-refractivity contribution is -0.142. The van der Waals surface area contributed by atoms with Crippen LogP contribution in [0.5, 0.6) is 0 Å². The minimum absolute atomic E-state index is 0.212. The average Bonchev–Trinajstić information content (AvgIpc) is 4.35. The fourth-order valence-corrected chi connectivity index (χ4v) is 8.96. The second kappa shape index (κ2) is 28.8. The number of benzene rings is 4. The van der Waals surface area contributed by atoms with Gasteiger partial charge in [0.2, 0.25) is 11.8 Å². The Balaban J connectivity index is 0.815. The molecule has 3 aromatic heterocycles. The van der Waals surface area contributed by atoms with Gasteiger partial charge in [-0.25, -0.2) is 14.8 Å². The standard InChI is InChI=1S/C62H62N6O11/c69-56(63-28-29-73-30-31-74-32-33-75-34-35-76-36-37-77-38-39-78-42-58(71)72)40-79-41-57(70)64-47-18-16-46(17-19-47)62-54-26-24-52(67-54)60(44-12-6-2-7-13-44)50-22-20-48(65-50)59(43-10-4-1-5-11-43)49-21-23-51(66-49)61(45-14-8-3-9-15-45)53-25-27-55(62)68-53/h1-27,65,68H,28-42H2,(H,63,69)(H,64,70)(H,71,72). The Morgan fingerprint density at radius 2 is 0.722 bits per heavy atom. The molecule has 0 atom stereocenters. The summed E-state index contributed by atoms with van der Waals surface area (Å²) in [4.78, 5) is 54.1. The molecule has 0 aliphatic carbocycles. The molecule has 4 aromatic carbocycles. The summed E-state index contributed by atoms with van der Waals surface area (Å²) in [6, 6.07) is 46.9. The Labute approximate surface area is 457 Å². The van der Waals surface area contributed by atoms with Gasteiger partial charge in [-0.05, 0) is 83.0 Å².